The molecule has 0 aliphatic rings. The van der Waals surface area contributed by atoms with E-state index in [1.165, 1.54) is 77.0 Å². The van der Waals surface area contributed by atoms with Crippen molar-refractivity contribution >= 4 is 17.9 Å². The quantitative estimate of drug-likeness (QED) is 0.0199. The lowest BCUT2D eigenvalue weighted by Crippen LogP contribution is -2.30. The number of carbonyl (C=O) groups is 3. The molecule has 0 radical (unpaired) electrons. The number of hydrogen-bond donors (Lipinski definition) is 0. The van der Waals surface area contributed by atoms with E-state index in [0.717, 1.165) is 103 Å². The largest absolute Gasteiger partial charge is 0.462 e. The molecule has 6 nitrogen and oxygen atoms in total. The molecule has 0 aliphatic heterocycles. The normalized spacial score (nSPS) is 13.1. The summed E-state index contributed by atoms with van der Waals surface area (Å²) >= 11 is 0. The Hall–Kier alpha value is -4.45. The van der Waals surface area contributed by atoms with E-state index in [1.807, 2.05) is 24.3 Å². The van der Waals surface area contributed by atoms with E-state index in [0.29, 0.717) is 19.3 Å². The Bertz CT molecular complexity index is 1510. The lowest BCUT2D eigenvalue weighted by Gasteiger charge is -2.18. The standard InChI is InChI=1S/C63H100O6/c1-4-7-10-13-16-19-22-25-28-30-31-33-35-38-41-44-47-50-53-56-62(65)68-59-60(58-67-61(64)55-52-49-46-43-40-37-34-27-24-21-18-15-12-9-6-3)69-63(66)57-54-51-48-45-42-39-36-32-29-26-23-20-17-14-11-8-5-2/h8-9,11-12,15-22,24-27,29,34,36,39,45,48,60H,4-7,10,13-14,23,28,30-33,35,37-38,40-44,46-47,49-59H2,1-3H3/b11-8-,12-9-,18-15-,19-16-,20-17-,24-21-,25-22-,29-26-,34-27-,39-36-,48-45-. The number of esters is 3. The molecule has 0 fully saturated rings. The Morgan fingerprint density at radius 2 is 0.652 bits per heavy atom. The van der Waals surface area contributed by atoms with Crippen LogP contribution in [0.3, 0.4) is 0 Å². The molecule has 0 rings (SSSR count). The zero-order valence-electron chi connectivity index (χ0n) is 44.3. The van der Waals surface area contributed by atoms with Gasteiger partial charge in [0.15, 0.2) is 6.10 Å². The molecule has 0 amide bonds. The first-order valence-corrected chi connectivity index (χ1v) is 27.8. The molecule has 69 heavy (non-hydrogen) atoms. The number of unbranched alkanes of at least 4 members (excludes halogenated alkanes) is 19. The summed E-state index contributed by atoms with van der Waals surface area (Å²) in [5.41, 5.74) is 0. The zero-order chi connectivity index (χ0) is 50.0. The van der Waals surface area contributed by atoms with Crippen molar-refractivity contribution in [3.05, 3.63) is 134 Å². The lowest BCUT2D eigenvalue weighted by molar-refractivity contribution is -0.167. The third-order valence-corrected chi connectivity index (χ3v) is 11.2. The smallest absolute Gasteiger partial charge is 0.306 e. The van der Waals surface area contributed by atoms with E-state index in [4.69, 9.17) is 14.2 Å². The summed E-state index contributed by atoms with van der Waals surface area (Å²) in [5, 5.41) is 0. The number of rotatable bonds is 48. The maximum Gasteiger partial charge on any atom is 0.306 e. The van der Waals surface area contributed by atoms with Gasteiger partial charge in [-0.25, -0.2) is 0 Å². The second kappa shape index (κ2) is 56.1. The monoisotopic (exact) mass is 953 g/mol. The number of carbonyl (C=O) groups excluding carboxylic acids is 3. The Morgan fingerprint density at radius 1 is 0.319 bits per heavy atom. The van der Waals surface area contributed by atoms with Gasteiger partial charge in [0.05, 0.1) is 0 Å². The Kier molecular flexibility index (Phi) is 52.5. The maximum absolute atomic E-state index is 12.8. The fraction of sp³-hybridized carbons (Fsp3) is 0.603. The Morgan fingerprint density at radius 3 is 1.10 bits per heavy atom. The SMILES string of the molecule is CC\C=C/C=C\C=C/C=C\CCCCCCCC(=O)OCC(COC(=O)CCCCCCCCCCCC/C=C\C=C/CCCCC)OC(=O)CCC/C=C\C/C=C\C/C=C\C/C=C\C/C=C\CC. The van der Waals surface area contributed by atoms with E-state index in [-0.39, 0.29) is 37.5 Å². The highest BCUT2D eigenvalue weighted by atomic mass is 16.6. The van der Waals surface area contributed by atoms with E-state index >= 15 is 0 Å². The predicted molar refractivity (Wildman–Crippen MR) is 297 cm³/mol. The van der Waals surface area contributed by atoms with E-state index in [2.05, 4.69) is 130 Å². The molecular formula is C63H100O6. The van der Waals surface area contributed by atoms with E-state index < -0.39 is 6.10 Å². The Balaban J connectivity index is 4.52. The third kappa shape index (κ3) is 54.4. The number of hydrogen-bond acceptors (Lipinski definition) is 6. The van der Waals surface area contributed by atoms with E-state index in [1.54, 1.807) is 0 Å². The first kappa shape index (κ1) is 64.5. The van der Waals surface area contributed by atoms with E-state index in [9.17, 15) is 14.4 Å². The summed E-state index contributed by atoms with van der Waals surface area (Å²) in [6.07, 6.45) is 78.7. The fourth-order valence-corrected chi connectivity index (χ4v) is 7.13. The zero-order valence-corrected chi connectivity index (χ0v) is 44.3. The van der Waals surface area contributed by atoms with Gasteiger partial charge in [0, 0.05) is 19.3 Å². The van der Waals surface area contributed by atoms with Gasteiger partial charge in [-0.05, 0) is 103 Å². The molecule has 1 atom stereocenters. The molecule has 0 aromatic carbocycles. The second-order valence-corrected chi connectivity index (χ2v) is 17.8. The van der Waals surface area contributed by atoms with Crippen LogP contribution in [-0.2, 0) is 28.6 Å². The van der Waals surface area contributed by atoms with Crippen LogP contribution in [-0.4, -0.2) is 37.2 Å². The van der Waals surface area contributed by atoms with Crippen molar-refractivity contribution in [1.29, 1.82) is 0 Å². The van der Waals surface area contributed by atoms with Gasteiger partial charge in [-0.1, -0.05) is 238 Å². The molecule has 6 heteroatoms. The summed E-state index contributed by atoms with van der Waals surface area (Å²) < 4.78 is 16.8. The van der Waals surface area contributed by atoms with Crippen LogP contribution in [0.1, 0.15) is 226 Å². The highest BCUT2D eigenvalue weighted by Crippen LogP contribution is 2.14. The van der Waals surface area contributed by atoms with Crippen molar-refractivity contribution in [3.63, 3.8) is 0 Å². The Labute approximate surface area is 424 Å². The summed E-state index contributed by atoms with van der Waals surface area (Å²) in [5.74, 6) is -1.01. The van der Waals surface area contributed by atoms with Gasteiger partial charge in [0.2, 0.25) is 0 Å². The van der Waals surface area contributed by atoms with Gasteiger partial charge in [-0.15, -0.1) is 0 Å². The average molecular weight is 953 g/mol. The summed E-state index contributed by atoms with van der Waals surface area (Å²) in [7, 11) is 0. The molecule has 1 unspecified atom stereocenters. The highest BCUT2D eigenvalue weighted by Gasteiger charge is 2.19. The molecule has 0 aliphatic carbocycles. The molecule has 388 valence electrons. The van der Waals surface area contributed by atoms with Crippen LogP contribution in [0.4, 0.5) is 0 Å². The molecule has 0 N–H and O–H groups in total. The van der Waals surface area contributed by atoms with Gasteiger partial charge < -0.3 is 14.2 Å². The summed E-state index contributed by atoms with van der Waals surface area (Å²) in [6.45, 7) is 6.28. The lowest BCUT2D eigenvalue weighted by atomic mass is 10.1. The molecular weight excluding hydrogens is 853 g/mol. The van der Waals surface area contributed by atoms with Crippen molar-refractivity contribution in [1.82, 2.24) is 0 Å². The number of ether oxygens (including phenoxy) is 3. The van der Waals surface area contributed by atoms with Crippen molar-refractivity contribution in [2.75, 3.05) is 13.2 Å². The minimum Gasteiger partial charge on any atom is -0.462 e. The van der Waals surface area contributed by atoms with Gasteiger partial charge in [-0.3, -0.25) is 14.4 Å². The van der Waals surface area contributed by atoms with Crippen molar-refractivity contribution < 1.29 is 28.6 Å². The molecule has 0 aromatic rings. The minimum atomic E-state index is -0.824. The van der Waals surface area contributed by atoms with Crippen LogP contribution in [0.2, 0.25) is 0 Å². The molecule has 0 saturated carbocycles. The molecule has 0 saturated heterocycles. The summed E-state index contributed by atoms with van der Waals surface area (Å²) in [6, 6.07) is 0. The fourth-order valence-electron chi connectivity index (χ4n) is 7.13. The first-order chi connectivity index (χ1) is 34.0. The average Bonchev–Trinajstić information content (AvgIpc) is 3.35. The van der Waals surface area contributed by atoms with Gasteiger partial charge in [0.1, 0.15) is 13.2 Å². The van der Waals surface area contributed by atoms with Crippen molar-refractivity contribution in [2.45, 2.75) is 232 Å². The van der Waals surface area contributed by atoms with Crippen LogP contribution in [0, 0.1) is 0 Å². The van der Waals surface area contributed by atoms with Crippen LogP contribution in [0.25, 0.3) is 0 Å². The third-order valence-electron chi connectivity index (χ3n) is 11.2. The summed E-state index contributed by atoms with van der Waals surface area (Å²) in [4.78, 5) is 38.1. The first-order valence-electron chi connectivity index (χ1n) is 27.8. The van der Waals surface area contributed by atoms with Crippen LogP contribution in [0.15, 0.2) is 134 Å². The molecule has 0 heterocycles. The van der Waals surface area contributed by atoms with Crippen molar-refractivity contribution in [3.8, 4) is 0 Å². The molecule has 0 aromatic heterocycles. The maximum atomic E-state index is 12.8. The topological polar surface area (TPSA) is 78.9 Å². The van der Waals surface area contributed by atoms with Gasteiger partial charge in [-0.2, -0.15) is 0 Å². The minimum absolute atomic E-state index is 0.115. The van der Waals surface area contributed by atoms with Gasteiger partial charge >= 0.3 is 17.9 Å². The van der Waals surface area contributed by atoms with Crippen molar-refractivity contribution in [2.24, 2.45) is 0 Å². The van der Waals surface area contributed by atoms with Gasteiger partial charge in [0.25, 0.3) is 0 Å². The highest BCUT2D eigenvalue weighted by molar-refractivity contribution is 5.71. The molecule has 0 spiro atoms. The predicted octanol–water partition coefficient (Wildman–Crippen LogP) is 18.6. The number of allylic oxidation sites excluding steroid dienone is 22. The van der Waals surface area contributed by atoms with Crippen LogP contribution in [0.5, 0.6) is 0 Å². The second-order valence-electron chi connectivity index (χ2n) is 17.8. The van der Waals surface area contributed by atoms with Crippen LogP contribution >= 0.6 is 0 Å². The van der Waals surface area contributed by atoms with Crippen LogP contribution < -0.4 is 0 Å². The molecule has 0 bridgehead atoms.